The molecule has 2 aliphatic rings. The lowest BCUT2D eigenvalue weighted by Gasteiger charge is -2.39. The van der Waals surface area contributed by atoms with Crippen LogP contribution in [0, 0.1) is 11.7 Å². The van der Waals surface area contributed by atoms with Crippen LogP contribution in [-0.4, -0.2) is 54.9 Å². The van der Waals surface area contributed by atoms with Gasteiger partial charge in [0.2, 0.25) is 5.91 Å². The molecule has 2 heterocycles. The van der Waals surface area contributed by atoms with Crippen LogP contribution in [0.5, 0.6) is 0 Å². The summed E-state index contributed by atoms with van der Waals surface area (Å²) >= 11 is 4.44. The average Bonchev–Trinajstić information content (AvgIpc) is 3.75. The summed E-state index contributed by atoms with van der Waals surface area (Å²) in [5.41, 5.74) is 0.883. The van der Waals surface area contributed by atoms with Crippen molar-refractivity contribution in [3.05, 3.63) is 89.0 Å². The van der Waals surface area contributed by atoms with Crippen LogP contribution in [0.4, 0.5) is 20.6 Å². The number of anilines is 2. The number of amides is 3. The first kappa shape index (κ1) is 33.2. The summed E-state index contributed by atoms with van der Waals surface area (Å²) < 4.78 is 31.8. The topological polar surface area (TPSA) is 130 Å². The molecule has 9 nitrogen and oxygen atoms in total. The minimum absolute atomic E-state index is 0.00432. The van der Waals surface area contributed by atoms with E-state index in [9.17, 15) is 19.2 Å². The highest BCUT2D eigenvalue weighted by Crippen LogP contribution is 2.43. The van der Waals surface area contributed by atoms with E-state index in [1.807, 2.05) is 32.9 Å². The molecule has 4 N–H and O–H groups in total. The van der Waals surface area contributed by atoms with E-state index in [2.05, 4.69) is 20.3 Å². The third-order valence-corrected chi connectivity index (χ3v) is 10.2. The molecule has 1 aromatic heterocycles. The summed E-state index contributed by atoms with van der Waals surface area (Å²) in [5.74, 6) is -0.729. The van der Waals surface area contributed by atoms with E-state index < -0.39 is 51.5 Å². The van der Waals surface area contributed by atoms with Gasteiger partial charge in [0.15, 0.2) is 0 Å². The van der Waals surface area contributed by atoms with E-state index >= 15 is 4.39 Å². The minimum Gasteiger partial charge on any atom is -0.598 e. The largest absolute Gasteiger partial charge is 0.598 e. The smallest absolute Gasteiger partial charge is 0.322 e. The summed E-state index contributed by atoms with van der Waals surface area (Å²) in [7, 11) is 0. The summed E-state index contributed by atoms with van der Waals surface area (Å²) in [6.45, 7) is 5.59. The molecular formula is C33H39ClFN5O4S. The number of nitrogens with one attached hydrogen (secondary N) is 3. The number of pyridine rings is 1. The number of nitrogens with zero attached hydrogens (tertiary/aromatic N) is 2. The highest BCUT2D eigenvalue weighted by molar-refractivity contribution is 7.90. The Morgan fingerprint density at radius 1 is 1.07 bits per heavy atom. The zero-order chi connectivity index (χ0) is 32.4. The lowest BCUT2D eigenvalue weighted by molar-refractivity contribution is -0.119. The van der Waals surface area contributed by atoms with Crippen LogP contribution in [0.25, 0.3) is 0 Å². The van der Waals surface area contributed by atoms with Crippen molar-refractivity contribution in [2.45, 2.75) is 75.3 Å². The average molecular weight is 656 g/mol. The number of benzene rings is 2. The monoisotopic (exact) mass is 655 g/mol. The van der Waals surface area contributed by atoms with Crippen LogP contribution >= 0.6 is 11.6 Å². The number of aliphatic hydroxyl groups is 1. The second-order valence-electron chi connectivity index (χ2n) is 12.8. The Morgan fingerprint density at radius 2 is 1.76 bits per heavy atom. The molecule has 3 aromatic rings. The molecule has 0 bridgehead atoms. The highest BCUT2D eigenvalue weighted by Gasteiger charge is 2.44. The molecule has 3 amide bonds. The Hall–Kier alpha value is -3.22. The van der Waals surface area contributed by atoms with Crippen molar-refractivity contribution >= 4 is 46.3 Å². The van der Waals surface area contributed by atoms with Crippen molar-refractivity contribution in [1.82, 2.24) is 14.6 Å². The van der Waals surface area contributed by atoms with Crippen molar-refractivity contribution < 1.29 is 23.6 Å². The van der Waals surface area contributed by atoms with Gasteiger partial charge in [-0.25, -0.2) is 9.18 Å². The molecule has 1 aliphatic heterocycles. The third-order valence-electron chi connectivity index (χ3n) is 8.28. The summed E-state index contributed by atoms with van der Waals surface area (Å²) in [5, 5.41) is 16.3. The second-order valence-corrected chi connectivity index (χ2v) is 15.2. The Morgan fingerprint density at radius 3 is 2.40 bits per heavy atom. The van der Waals surface area contributed by atoms with Gasteiger partial charge in [0.05, 0.1) is 11.8 Å². The number of β-amino-alcohol motifs (C(OH)–C–C–N with tert-alkyl or cyclic N) is 1. The number of carbonyl (C=O) groups is 2. The van der Waals surface area contributed by atoms with Crippen LogP contribution in [0.1, 0.15) is 64.0 Å². The molecule has 45 heavy (non-hydrogen) atoms. The van der Waals surface area contributed by atoms with Crippen molar-refractivity contribution in [1.29, 1.82) is 0 Å². The normalized spacial score (nSPS) is 20.4. The molecule has 12 heteroatoms. The van der Waals surface area contributed by atoms with Gasteiger partial charge in [-0.2, -0.15) is 0 Å². The standard InChI is InChI=1S/C33H39ClFN5O4S/c1-32(2,3)45(44)39-33(15-12-21-4-5-21,22-13-16-36-17-14-22)23-6-11-27(35)28(18-23)38-30(42)29-19-26(41)20-40(29)31(43)37-25-9-7-24(34)8-10-25/h6-11,13-14,16-18,21,26,29,39,41H,4-5,12,15,19-20H2,1-3H3,(H,37,43)(H,38,42)/t26-,29-,33?,45?/m1/s1. The lowest BCUT2D eigenvalue weighted by Crippen LogP contribution is -2.52. The van der Waals surface area contributed by atoms with Gasteiger partial charge in [0, 0.05) is 47.4 Å². The number of aromatic nitrogens is 1. The number of urea groups is 1. The fraction of sp³-hybridized carbons (Fsp3) is 0.424. The number of rotatable bonds is 10. The molecular weight excluding hydrogens is 617 g/mol. The number of hydrogen-bond donors (Lipinski definition) is 4. The van der Waals surface area contributed by atoms with E-state index in [4.69, 9.17) is 11.6 Å². The first-order valence-corrected chi connectivity index (χ1v) is 16.6. The van der Waals surface area contributed by atoms with Crippen LogP contribution < -0.4 is 15.4 Å². The Bertz CT molecular complexity index is 1510. The predicted octanol–water partition coefficient (Wildman–Crippen LogP) is 5.97. The molecule has 2 aromatic carbocycles. The van der Waals surface area contributed by atoms with Gasteiger partial charge in [-0.1, -0.05) is 30.5 Å². The van der Waals surface area contributed by atoms with Crippen LogP contribution in [0.3, 0.4) is 0 Å². The number of aliphatic hydroxyl groups excluding tert-OH is 1. The molecule has 2 unspecified atom stereocenters. The predicted molar refractivity (Wildman–Crippen MR) is 175 cm³/mol. The molecule has 0 spiro atoms. The van der Waals surface area contributed by atoms with Crippen LogP contribution in [-0.2, 0) is 21.7 Å². The second kappa shape index (κ2) is 13.6. The van der Waals surface area contributed by atoms with Gasteiger partial charge in [0.1, 0.15) is 22.1 Å². The van der Waals surface area contributed by atoms with Gasteiger partial charge >= 0.3 is 6.03 Å². The highest BCUT2D eigenvalue weighted by atomic mass is 35.5. The van der Waals surface area contributed by atoms with Crippen molar-refractivity contribution in [3.63, 3.8) is 0 Å². The van der Waals surface area contributed by atoms with Gasteiger partial charge in [-0.05, 0) is 99.2 Å². The molecule has 240 valence electrons. The number of halogens is 2. The number of carbonyl (C=O) groups excluding carboxylic acids is 2. The van der Waals surface area contributed by atoms with E-state index in [0.717, 1.165) is 24.8 Å². The maximum atomic E-state index is 15.4. The Labute approximate surface area is 271 Å². The fourth-order valence-electron chi connectivity index (χ4n) is 5.52. The zero-order valence-corrected chi connectivity index (χ0v) is 27.1. The van der Waals surface area contributed by atoms with E-state index in [0.29, 0.717) is 28.6 Å². The molecule has 5 rings (SSSR count). The fourth-order valence-corrected chi connectivity index (χ4v) is 6.60. The molecule has 0 radical (unpaired) electrons. The molecule has 1 saturated carbocycles. The Kier molecular flexibility index (Phi) is 10.0. The third kappa shape index (κ3) is 7.96. The van der Waals surface area contributed by atoms with Crippen molar-refractivity contribution in [2.24, 2.45) is 5.92 Å². The first-order valence-electron chi connectivity index (χ1n) is 15.1. The van der Waals surface area contributed by atoms with Gasteiger partial charge in [-0.15, -0.1) is 4.72 Å². The van der Waals surface area contributed by atoms with Gasteiger partial charge in [-0.3, -0.25) is 9.78 Å². The van der Waals surface area contributed by atoms with Gasteiger partial charge < -0.3 is 25.2 Å². The van der Waals surface area contributed by atoms with Crippen LogP contribution in [0.2, 0.25) is 5.02 Å². The lowest BCUT2D eigenvalue weighted by atomic mass is 9.79. The summed E-state index contributed by atoms with van der Waals surface area (Å²) in [6, 6.07) is 13.1. The summed E-state index contributed by atoms with van der Waals surface area (Å²) in [6.07, 6.45) is 6.14. The quantitative estimate of drug-likeness (QED) is 0.199. The van der Waals surface area contributed by atoms with Crippen molar-refractivity contribution in [2.75, 3.05) is 17.2 Å². The molecule has 1 aliphatic carbocycles. The van der Waals surface area contributed by atoms with E-state index in [1.165, 1.54) is 11.0 Å². The molecule has 1 saturated heterocycles. The number of likely N-dealkylation sites (tertiary alicyclic amines) is 1. The first-order chi connectivity index (χ1) is 21.4. The van der Waals surface area contributed by atoms with Gasteiger partial charge in [0.25, 0.3) is 0 Å². The van der Waals surface area contributed by atoms with E-state index in [1.54, 1.807) is 48.8 Å². The zero-order valence-electron chi connectivity index (χ0n) is 25.6. The van der Waals surface area contributed by atoms with E-state index in [-0.39, 0.29) is 18.7 Å². The number of hydrogen-bond acceptors (Lipinski definition) is 6. The Balaban J connectivity index is 1.45. The SMILES string of the molecule is CC(C)(C)[S+]([O-])NC(CCC1CC1)(c1ccncc1)c1ccc(F)c(NC(=O)[C@H]2C[C@@H](O)CN2C(=O)Nc2ccc(Cl)cc2)c1. The van der Waals surface area contributed by atoms with Crippen LogP contribution in [0.15, 0.2) is 67.0 Å². The van der Waals surface area contributed by atoms with Crippen molar-refractivity contribution in [3.8, 4) is 0 Å². The summed E-state index contributed by atoms with van der Waals surface area (Å²) in [4.78, 5) is 32.1. The molecule has 2 fully saturated rings. The molecule has 4 atom stereocenters. The maximum Gasteiger partial charge on any atom is 0.322 e. The minimum atomic E-state index is -1.50. The maximum absolute atomic E-state index is 15.4.